The number of hydrogen-bond acceptors (Lipinski definition) is 2. The lowest BCUT2D eigenvalue weighted by Crippen LogP contribution is -2.49. The van der Waals surface area contributed by atoms with Gasteiger partial charge in [-0.1, -0.05) is 29.8 Å². The van der Waals surface area contributed by atoms with Crippen LogP contribution in [0.2, 0.25) is 0 Å². The van der Waals surface area contributed by atoms with Crippen LogP contribution in [0.5, 0.6) is 0 Å². The summed E-state index contributed by atoms with van der Waals surface area (Å²) < 4.78 is 0. The van der Waals surface area contributed by atoms with E-state index < -0.39 is 0 Å². The van der Waals surface area contributed by atoms with E-state index >= 15 is 0 Å². The third kappa shape index (κ3) is 4.32. The molecule has 1 aromatic carbocycles. The van der Waals surface area contributed by atoms with E-state index in [1.54, 1.807) is 0 Å². The predicted octanol–water partition coefficient (Wildman–Crippen LogP) is 3.35. The highest BCUT2D eigenvalue weighted by Gasteiger charge is 2.26. The average molecular weight is 260 g/mol. The Morgan fingerprint density at radius 3 is 2.47 bits per heavy atom. The molecule has 1 aliphatic rings. The molecule has 0 spiro atoms. The number of aryl methyl sites for hydroxylation is 1. The summed E-state index contributed by atoms with van der Waals surface area (Å²) in [5.74, 6) is 0. The maximum Gasteiger partial charge on any atom is 0.0208 e. The van der Waals surface area contributed by atoms with Crippen LogP contribution in [0.25, 0.3) is 0 Å². The Morgan fingerprint density at radius 1 is 1.21 bits per heavy atom. The van der Waals surface area contributed by atoms with E-state index in [2.05, 4.69) is 62.2 Å². The second-order valence-electron chi connectivity index (χ2n) is 6.80. The van der Waals surface area contributed by atoms with Crippen molar-refractivity contribution in [1.29, 1.82) is 0 Å². The van der Waals surface area contributed by atoms with Crippen LogP contribution in [0.3, 0.4) is 0 Å². The first-order valence-electron chi connectivity index (χ1n) is 7.49. The summed E-state index contributed by atoms with van der Waals surface area (Å²) in [6.07, 6.45) is 2.53. The number of benzene rings is 1. The molecule has 2 nitrogen and oxygen atoms in total. The van der Waals surface area contributed by atoms with Crippen LogP contribution in [0, 0.1) is 6.92 Å². The van der Waals surface area contributed by atoms with Gasteiger partial charge >= 0.3 is 0 Å². The van der Waals surface area contributed by atoms with Gasteiger partial charge in [-0.2, -0.15) is 0 Å². The minimum Gasteiger partial charge on any atom is -0.310 e. The van der Waals surface area contributed by atoms with E-state index in [4.69, 9.17) is 0 Å². The van der Waals surface area contributed by atoms with Gasteiger partial charge in [0.25, 0.3) is 0 Å². The topological polar surface area (TPSA) is 15.3 Å². The van der Waals surface area contributed by atoms with Crippen molar-refractivity contribution in [2.75, 3.05) is 13.1 Å². The highest BCUT2D eigenvalue weighted by Crippen LogP contribution is 2.20. The summed E-state index contributed by atoms with van der Waals surface area (Å²) in [4.78, 5) is 2.60. The minimum absolute atomic E-state index is 0.321. The van der Waals surface area contributed by atoms with E-state index in [0.29, 0.717) is 11.6 Å². The van der Waals surface area contributed by atoms with Gasteiger partial charge in [0.1, 0.15) is 0 Å². The normalized spacial score (nSPS) is 18.7. The number of nitrogens with one attached hydrogen (secondary N) is 1. The predicted molar refractivity (Wildman–Crippen MR) is 82.4 cm³/mol. The third-order valence-corrected chi connectivity index (χ3v) is 4.12. The Hall–Kier alpha value is -0.860. The molecule has 0 unspecified atom stereocenters. The zero-order valence-corrected chi connectivity index (χ0v) is 12.9. The number of rotatable bonds is 3. The van der Waals surface area contributed by atoms with Gasteiger partial charge < -0.3 is 5.32 Å². The van der Waals surface area contributed by atoms with Crippen LogP contribution >= 0.6 is 0 Å². The summed E-state index contributed by atoms with van der Waals surface area (Å²) in [7, 11) is 0. The van der Waals surface area contributed by atoms with Crippen LogP contribution in [-0.4, -0.2) is 29.6 Å². The molecular formula is C17H28N2. The fraction of sp³-hybridized carbons (Fsp3) is 0.647. The van der Waals surface area contributed by atoms with Crippen molar-refractivity contribution in [2.45, 2.75) is 58.7 Å². The molecule has 0 atom stereocenters. The molecule has 0 radical (unpaired) electrons. The third-order valence-electron chi connectivity index (χ3n) is 4.12. The van der Waals surface area contributed by atoms with Gasteiger partial charge in [0.15, 0.2) is 0 Å². The van der Waals surface area contributed by atoms with Crippen molar-refractivity contribution >= 4 is 0 Å². The lowest BCUT2D eigenvalue weighted by Gasteiger charge is -2.41. The molecule has 1 saturated heterocycles. The Balaban J connectivity index is 1.77. The second-order valence-corrected chi connectivity index (χ2v) is 6.80. The SMILES string of the molecule is Cc1cccc(CNC2CCN(C(C)(C)C)CC2)c1. The highest BCUT2D eigenvalue weighted by molar-refractivity contribution is 5.22. The molecule has 1 heterocycles. The molecular weight excluding hydrogens is 232 g/mol. The first-order chi connectivity index (χ1) is 8.95. The molecule has 0 bridgehead atoms. The molecule has 2 rings (SSSR count). The fourth-order valence-corrected chi connectivity index (χ4v) is 2.84. The van der Waals surface area contributed by atoms with Gasteiger partial charge in [0, 0.05) is 31.2 Å². The molecule has 1 aliphatic heterocycles. The summed E-state index contributed by atoms with van der Waals surface area (Å²) >= 11 is 0. The Kier molecular flexibility index (Phi) is 4.64. The Bertz CT molecular complexity index is 398. The van der Waals surface area contributed by atoms with E-state index in [9.17, 15) is 0 Å². The maximum absolute atomic E-state index is 3.71. The molecule has 1 fully saturated rings. The van der Waals surface area contributed by atoms with Crippen LogP contribution in [0.15, 0.2) is 24.3 Å². The molecule has 0 aromatic heterocycles. The lowest BCUT2D eigenvalue weighted by atomic mass is 9.98. The van der Waals surface area contributed by atoms with Crippen molar-refractivity contribution < 1.29 is 0 Å². The molecule has 1 N–H and O–H groups in total. The van der Waals surface area contributed by atoms with E-state index in [0.717, 1.165) is 6.54 Å². The zero-order valence-electron chi connectivity index (χ0n) is 12.9. The van der Waals surface area contributed by atoms with E-state index in [-0.39, 0.29) is 0 Å². The Labute approximate surface area is 118 Å². The van der Waals surface area contributed by atoms with Crippen LogP contribution in [-0.2, 0) is 6.54 Å². The molecule has 0 amide bonds. The maximum atomic E-state index is 3.71. The van der Waals surface area contributed by atoms with Crippen molar-refractivity contribution in [3.63, 3.8) is 0 Å². The highest BCUT2D eigenvalue weighted by atomic mass is 15.2. The second kappa shape index (κ2) is 6.06. The smallest absolute Gasteiger partial charge is 0.0208 e. The van der Waals surface area contributed by atoms with Crippen molar-refractivity contribution in [1.82, 2.24) is 10.2 Å². The van der Waals surface area contributed by atoms with Crippen molar-refractivity contribution in [3.8, 4) is 0 Å². The minimum atomic E-state index is 0.321. The van der Waals surface area contributed by atoms with E-state index in [1.165, 1.54) is 37.1 Å². The quantitative estimate of drug-likeness (QED) is 0.896. The number of likely N-dealkylation sites (tertiary alicyclic amines) is 1. The summed E-state index contributed by atoms with van der Waals surface area (Å²) in [5, 5.41) is 3.71. The van der Waals surface area contributed by atoms with Crippen molar-refractivity contribution in [3.05, 3.63) is 35.4 Å². The first kappa shape index (κ1) is 14.5. The van der Waals surface area contributed by atoms with Crippen LogP contribution in [0.4, 0.5) is 0 Å². The zero-order chi connectivity index (χ0) is 13.9. The number of hydrogen-bond donors (Lipinski definition) is 1. The average Bonchev–Trinajstić information content (AvgIpc) is 2.36. The molecule has 1 aromatic rings. The molecule has 0 aliphatic carbocycles. The largest absolute Gasteiger partial charge is 0.310 e. The molecule has 106 valence electrons. The standard InChI is InChI=1S/C17H28N2/c1-14-6-5-7-15(12-14)13-18-16-8-10-19(11-9-16)17(2,3)4/h5-7,12,16,18H,8-11,13H2,1-4H3. The van der Waals surface area contributed by atoms with E-state index in [1.807, 2.05) is 0 Å². The summed E-state index contributed by atoms with van der Waals surface area (Å²) in [5.41, 5.74) is 3.07. The van der Waals surface area contributed by atoms with Gasteiger partial charge in [-0.3, -0.25) is 4.90 Å². The van der Waals surface area contributed by atoms with Gasteiger partial charge in [-0.15, -0.1) is 0 Å². The summed E-state index contributed by atoms with van der Waals surface area (Å²) in [6, 6.07) is 9.47. The lowest BCUT2D eigenvalue weighted by molar-refractivity contribution is 0.0960. The summed E-state index contributed by atoms with van der Waals surface area (Å²) in [6.45, 7) is 12.5. The van der Waals surface area contributed by atoms with Gasteiger partial charge in [-0.25, -0.2) is 0 Å². The van der Waals surface area contributed by atoms with Gasteiger partial charge in [0.2, 0.25) is 0 Å². The fourth-order valence-electron chi connectivity index (χ4n) is 2.84. The Morgan fingerprint density at radius 2 is 1.89 bits per heavy atom. The number of nitrogens with zero attached hydrogens (tertiary/aromatic N) is 1. The molecule has 0 saturated carbocycles. The van der Waals surface area contributed by atoms with Crippen molar-refractivity contribution in [2.24, 2.45) is 0 Å². The number of piperidine rings is 1. The molecule has 19 heavy (non-hydrogen) atoms. The van der Waals surface area contributed by atoms with Crippen LogP contribution in [0.1, 0.15) is 44.7 Å². The van der Waals surface area contributed by atoms with Gasteiger partial charge in [-0.05, 0) is 46.1 Å². The first-order valence-corrected chi connectivity index (χ1v) is 7.49. The van der Waals surface area contributed by atoms with Crippen LogP contribution < -0.4 is 5.32 Å². The monoisotopic (exact) mass is 260 g/mol. The molecule has 2 heteroatoms. The van der Waals surface area contributed by atoms with Gasteiger partial charge in [0.05, 0.1) is 0 Å².